The summed E-state index contributed by atoms with van der Waals surface area (Å²) >= 11 is 0.568. The fourth-order valence-corrected chi connectivity index (χ4v) is 3.40. The summed E-state index contributed by atoms with van der Waals surface area (Å²) in [6.45, 7) is 5.40. The van der Waals surface area contributed by atoms with Crippen LogP contribution in [0.2, 0.25) is 0 Å². The molecule has 0 aromatic carbocycles. The van der Waals surface area contributed by atoms with Gasteiger partial charge in [-0.25, -0.2) is 0 Å². The predicted molar refractivity (Wildman–Crippen MR) is 63.6 cm³/mol. The molecule has 0 bridgehead atoms. The van der Waals surface area contributed by atoms with Gasteiger partial charge in [-0.1, -0.05) is 6.92 Å². The van der Waals surface area contributed by atoms with Gasteiger partial charge >= 0.3 is 7.60 Å². The molecule has 0 aliphatic heterocycles. The van der Waals surface area contributed by atoms with Crippen LogP contribution in [0.25, 0.3) is 0 Å². The van der Waals surface area contributed by atoms with E-state index in [1.54, 1.807) is 20.8 Å². The molecule has 0 aliphatic carbocycles. The third-order valence-electron chi connectivity index (χ3n) is 1.49. The number of thioether (sulfide) groups is 1. The second kappa shape index (κ2) is 8.01. The average Bonchev–Trinajstić information content (AvgIpc) is 2.17. The average molecular weight is 268 g/mol. The highest BCUT2D eigenvalue weighted by atomic mass is 32.2. The lowest BCUT2D eigenvalue weighted by Crippen LogP contribution is -2.08. The molecule has 0 radical (unpaired) electrons. The summed E-state index contributed by atoms with van der Waals surface area (Å²) in [7, 11) is -3.36. The maximum absolute atomic E-state index is 11.9. The van der Waals surface area contributed by atoms with Crippen molar-refractivity contribution in [3.8, 4) is 0 Å². The van der Waals surface area contributed by atoms with Crippen molar-refractivity contribution in [3.63, 3.8) is 0 Å². The topological polar surface area (TPSA) is 69.7 Å². The molecular weight excluding hydrogens is 251 g/mol. The Morgan fingerprint density at radius 3 is 1.94 bits per heavy atom. The van der Waals surface area contributed by atoms with Crippen molar-refractivity contribution in [1.82, 2.24) is 0 Å². The van der Waals surface area contributed by atoms with E-state index in [4.69, 9.17) is 9.05 Å². The van der Waals surface area contributed by atoms with E-state index in [0.29, 0.717) is 11.8 Å². The molecule has 0 fully saturated rings. The molecular formula is C9H17O5PS. The lowest BCUT2D eigenvalue weighted by Gasteiger charge is -2.15. The van der Waals surface area contributed by atoms with Crippen LogP contribution >= 0.6 is 19.4 Å². The van der Waals surface area contributed by atoms with E-state index < -0.39 is 12.7 Å². The Kier molecular flexibility index (Phi) is 7.93. The molecule has 0 aromatic heterocycles. The van der Waals surface area contributed by atoms with Crippen molar-refractivity contribution in [2.75, 3.05) is 19.4 Å². The normalized spacial score (nSPS) is 11.4. The highest BCUT2D eigenvalue weighted by Gasteiger charge is 2.28. The zero-order chi connectivity index (χ0) is 12.6. The van der Waals surface area contributed by atoms with E-state index in [-0.39, 0.29) is 30.9 Å². The van der Waals surface area contributed by atoms with Crippen molar-refractivity contribution >= 4 is 29.6 Å². The van der Waals surface area contributed by atoms with Crippen molar-refractivity contribution < 1.29 is 23.2 Å². The highest BCUT2D eigenvalue weighted by Crippen LogP contribution is 2.48. The first-order chi connectivity index (χ1) is 7.47. The van der Waals surface area contributed by atoms with Crippen LogP contribution < -0.4 is 0 Å². The SMILES string of the molecule is CCOP(=O)(CC(=O)SC(=O)CC)OCC. The van der Waals surface area contributed by atoms with E-state index >= 15 is 0 Å². The molecule has 0 aliphatic rings. The van der Waals surface area contributed by atoms with Gasteiger partial charge in [0.05, 0.1) is 13.2 Å². The van der Waals surface area contributed by atoms with Gasteiger partial charge in [-0.2, -0.15) is 0 Å². The smallest absolute Gasteiger partial charge is 0.309 e. The van der Waals surface area contributed by atoms with Crippen LogP contribution in [0.3, 0.4) is 0 Å². The van der Waals surface area contributed by atoms with Crippen molar-refractivity contribution in [2.45, 2.75) is 27.2 Å². The van der Waals surface area contributed by atoms with Gasteiger partial charge in [0, 0.05) is 6.42 Å². The molecule has 0 amide bonds. The summed E-state index contributed by atoms with van der Waals surface area (Å²) in [6, 6.07) is 0. The standard InChI is InChI=1S/C9H17O5PS/c1-4-8(10)16-9(11)7-15(12,13-5-2)14-6-3/h4-7H2,1-3H3. The molecule has 0 atom stereocenters. The summed E-state index contributed by atoms with van der Waals surface area (Å²) < 4.78 is 21.8. The minimum atomic E-state index is -3.36. The van der Waals surface area contributed by atoms with Crippen LogP contribution in [0.4, 0.5) is 0 Å². The molecule has 0 spiro atoms. The van der Waals surface area contributed by atoms with Crippen LogP contribution in [0, 0.1) is 0 Å². The fraction of sp³-hybridized carbons (Fsp3) is 0.778. The van der Waals surface area contributed by atoms with E-state index in [2.05, 4.69) is 0 Å². The molecule has 0 aromatic rings. The van der Waals surface area contributed by atoms with Gasteiger partial charge in [0.2, 0.25) is 5.12 Å². The van der Waals surface area contributed by atoms with Crippen LogP contribution in [0.15, 0.2) is 0 Å². The summed E-state index contributed by atoms with van der Waals surface area (Å²) in [5.41, 5.74) is 0. The van der Waals surface area contributed by atoms with Gasteiger partial charge in [-0.05, 0) is 25.6 Å². The van der Waals surface area contributed by atoms with Crippen molar-refractivity contribution in [1.29, 1.82) is 0 Å². The third-order valence-corrected chi connectivity index (χ3v) is 4.57. The summed E-state index contributed by atoms with van der Waals surface area (Å²) in [4.78, 5) is 22.4. The van der Waals surface area contributed by atoms with Crippen molar-refractivity contribution in [3.05, 3.63) is 0 Å². The molecule has 0 unspecified atom stereocenters. The third kappa shape index (κ3) is 6.43. The van der Waals surface area contributed by atoms with Crippen molar-refractivity contribution in [2.24, 2.45) is 0 Å². The molecule has 5 nitrogen and oxygen atoms in total. The van der Waals surface area contributed by atoms with Crippen LogP contribution in [-0.4, -0.2) is 29.6 Å². The number of carbonyl (C=O) groups is 2. The molecule has 0 saturated carbocycles. The zero-order valence-corrected chi connectivity index (χ0v) is 11.4. The van der Waals surface area contributed by atoms with Gasteiger partial charge in [0.1, 0.15) is 6.16 Å². The quantitative estimate of drug-likeness (QED) is 0.660. The molecule has 0 heterocycles. The summed E-state index contributed by atoms with van der Waals surface area (Å²) in [6.07, 6.45) is -0.0882. The molecule has 16 heavy (non-hydrogen) atoms. The highest BCUT2D eigenvalue weighted by molar-refractivity contribution is 8.26. The number of carbonyl (C=O) groups excluding carboxylic acids is 2. The Morgan fingerprint density at radius 2 is 1.56 bits per heavy atom. The van der Waals surface area contributed by atoms with E-state index in [0.717, 1.165) is 0 Å². The first kappa shape index (κ1) is 15.8. The lowest BCUT2D eigenvalue weighted by molar-refractivity contribution is -0.112. The monoisotopic (exact) mass is 268 g/mol. The number of rotatable bonds is 7. The van der Waals surface area contributed by atoms with Gasteiger partial charge in [0.25, 0.3) is 0 Å². The maximum Gasteiger partial charge on any atom is 0.338 e. The molecule has 94 valence electrons. The number of hydrogen-bond acceptors (Lipinski definition) is 6. The Balaban J connectivity index is 4.34. The van der Waals surface area contributed by atoms with Crippen LogP contribution in [-0.2, 0) is 23.2 Å². The predicted octanol–water partition coefficient (Wildman–Crippen LogP) is 2.45. The Hall–Kier alpha value is -0.160. The maximum atomic E-state index is 11.9. The van der Waals surface area contributed by atoms with E-state index in [1.807, 2.05) is 0 Å². The largest absolute Gasteiger partial charge is 0.338 e. The summed E-state index contributed by atoms with van der Waals surface area (Å²) in [5, 5.41) is -0.721. The van der Waals surface area contributed by atoms with Crippen LogP contribution in [0.5, 0.6) is 0 Å². The minimum absolute atomic E-state index is 0.205. The molecule has 7 heteroatoms. The van der Waals surface area contributed by atoms with Gasteiger partial charge in [-0.3, -0.25) is 14.2 Å². The lowest BCUT2D eigenvalue weighted by atomic mass is 10.6. The van der Waals surface area contributed by atoms with Gasteiger partial charge in [0.15, 0.2) is 5.12 Å². The zero-order valence-electron chi connectivity index (χ0n) is 9.73. The van der Waals surface area contributed by atoms with Crippen LogP contribution in [0.1, 0.15) is 27.2 Å². The Morgan fingerprint density at radius 1 is 1.06 bits per heavy atom. The molecule has 0 N–H and O–H groups in total. The molecule has 0 rings (SSSR count). The first-order valence-corrected chi connectivity index (χ1v) is 7.63. The molecule has 0 saturated heterocycles. The number of hydrogen-bond donors (Lipinski definition) is 0. The van der Waals surface area contributed by atoms with Gasteiger partial charge in [-0.15, -0.1) is 0 Å². The second-order valence-electron chi connectivity index (χ2n) is 2.80. The second-order valence-corrected chi connectivity index (χ2v) is 5.97. The Labute approximate surface area is 99.8 Å². The Bertz CT molecular complexity index is 282. The fourth-order valence-electron chi connectivity index (χ4n) is 0.911. The first-order valence-electron chi connectivity index (χ1n) is 5.09. The van der Waals surface area contributed by atoms with E-state index in [9.17, 15) is 14.2 Å². The van der Waals surface area contributed by atoms with E-state index in [1.165, 1.54) is 0 Å². The van der Waals surface area contributed by atoms with Gasteiger partial charge < -0.3 is 9.05 Å². The minimum Gasteiger partial charge on any atom is -0.309 e. The summed E-state index contributed by atoms with van der Waals surface area (Å²) in [5.74, 6) is 0.